The molecule has 1 saturated heterocycles. The SMILES string of the molecule is CCc1cc(C(=O)N(C)c2cc(Cl)ccc2S(=O)(=O)CC)cc(Cl)c1CN1CCC[C@H](N(C)C(=O)O)C1. The van der Waals surface area contributed by atoms with Crippen molar-refractivity contribution in [3.8, 4) is 0 Å². The zero-order valence-electron chi connectivity index (χ0n) is 21.5. The van der Waals surface area contributed by atoms with E-state index in [1.807, 2.05) is 6.92 Å². The number of rotatable bonds is 8. The molecule has 3 rings (SSSR count). The largest absolute Gasteiger partial charge is 0.465 e. The summed E-state index contributed by atoms with van der Waals surface area (Å²) in [5.41, 5.74) is 2.36. The first-order valence-electron chi connectivity index (χ1n) is 12.2. The molecule has 0 saturated carbocycles. The number of likely N-dealkylation sites (N-methyl/N-ethyl adjacent to an activating group) is 1. The Morgan fingerprint density at radius 1 is 1.14 bits per heavy atom. The second-order valence-corrected chi connectivity index (χ2v) is 12.3. The Morgan fingerprint density at radius 3 is 2.46 bits per heavy atom. The molecule has 1 fully saturated rings. The van der Waals surface area contributed by atoms with Crippen LogP contribution in [0.4, 0.5) is 10.5 Å². The summed E-state index contributed by atoms with van der Waals surface area (Å²) < 4.78 is 25.3. The minimum atomic E-state index is -3.59. The van der Waals surface area contributed by atoms with E-state index in [2.05, 4.69) is 4.90 Å². The van der Waals surface area contributed by atoms with Crippen LogP contribution in [0.1, 0.15) is 48.2 Å². The highest BCUT2D eigenvalue weighted by Crippen LogP contribution is 2.32. The summed E-state index contributed by atoms with van der Waals surface area (Å²) in [6, 6.07) is 7.70. The van der Waals surface area contributed by atoms with Gasteiger partial charge in [-0.1, -0.05) is 37.0 Å². The van der Waals surface area contributed by atoms with E-state index in [0.717, 1.165) is 30.5 Å². The number of carbonyl (C=O) groups is 2. The number of nitrogens with zero attached hydrogens (tertiary/aromatic N) is 3. The van der Waals surface area contributed by atoms with E-state index < -0.39 is 21.8 Å². The fraction of sp³-hybridized carbons (Fsp3) is 0.462. The standard InChI is InChI=1S/C26H33Cl2N3O5S/c1-5-17-12-18(25(32)30(4)23-14-19(27)9-10-24(23)37(35,36)6-2)13-22(28)21(17)16-31-11-7-8-20(15-31)29(3)26(33)34/h9-10,12-14,20H,5-8,11,15-16H2,1-4H3,(H,33,34)/t20-/m0/s1. The van der Waals surface area contributed by atoms with E-state index in [-0.39, 0.29) is 22.4 Å². The summed E-state index contributed by atoms with van der Waals surface area (Å²) in [7, 11) is -0.482. The highest BCUT2D eigenvalue weighted by molar-refractivity contribution is 7.91. The van der Waals surface area contributed by atoms with E-state index in [1.54, 1.807) is 26.1 Å². The van der Waals surface area contributed by atoms with Gasteiger partial charge in [0.25, 0.3) is 5.91 Å². The molecule has 1 aliphatic rings. The number of carbonyl (C=O) groups excluding carboxylic acids is 1. The number of likely N-dealkylation sites (tertiary alicyclic amines) is 1. The maximum atomic E-state index is 13.5. The van der Waals surface area contributed by atoms with E-state index in [4.69, 9.17) is 23.2 Å². The summed E-state index contributed by atoms with van der Waals surface area (Å²) in [5, 5.41) is 10.1. The maximum Gasteiger partial charge on any atom is 0.407 e. The van der Waals surface area contributed by atoms with Crippen molar-refractivity contribution in [2.24, 2.45) is 0 Å². The average Bonchev–Trinajstić information content (AvgIpc) is 2.88. The molecule has 1 N–H and O–H groups in total. The molecule has 0 radical (unpaired) electrons. The minimum absolute atomic E-state index is 0.0414. The van der Waals surface area contributed by atoms with Gasteiger partial charge >= 0.3 is 6.09 Å². The fourth-order valence-electron chi connectivity index (χ4n) is 4.65. The smallest absolute Gasteiger partial charge is 0.407 e. The lowest BCUT2D eigenvalue weighted by Gasteiger charge is -2.37. The molecule has 11 heteroatoms. The Hall–Kier alpha value is -2.33. The van der Waals surface area contributed by atoms with Gasteiger partial charge in [0.2, 0.25) is 0 Å². The molecular weight excluding hydrogens is 537 g/mol. The molecule has 1 atom stereocenters. The van der Waals surface area contributed by atoms with Crippen LogP contribution in [0.3, 0.4) is 0 Å². The quantitative estimate of drug-likeness (QED) is 0.469. The van der Waals surface area contributed by atoms with Crippen LogP contribution in [0, 0.1) is 0 Å². The fourth-order valence-corrected chi connectivity index (χ4v) is 6.22. The molecule has 2 amide bonds. The number of carboxylic acid groups (broad SMARTS) is 1. The Kier molecular flexibility index (Phi) is 9.50. The minimum Gasteiger partial charge on any atom is -0.465 e. The predicted octanol–water partition coefficient (Wildman–Crippen LogP) is 5.20. The topological polar surface area (TPSA) is 98.2 Å². The summed E-state index contributed by atoms with van der Waals surface area (Å²) >= 11 is 12.9. The number of amides is 2. The van der Waals surface area contributed by atoms with Crippen molar-refractivity contribution in [2.75, 3.05) is 37.8 Å². The molecule has 0 aromatic heterocycles. The van der Waals surface area contributed by atoms with Gasteiger partial charge in [0.15, 0.2) is 9.84 Å². The molecule has 2 aromatic carbocycles. The summed E-state index contributed by atoms with van der Waals surface area (Å²) in [4.78, 5) is 29.8. The van der Waals surface area contributed by atoms with Gasteiger partial charge in [-0.15, -0.1) is 0 Å². The number of halogens is 2. The van der Waals surface area contributed by atoms with Gasteiger partial charge < -0.3 is 14.9 Å². The van der Waals surface area contributed by atoms with Crippen molar-refractivity contribution < 1.29 is 23.1 Å². The van der Waals surface area contributed by atoms with Crippen LogP contribution in [-0.4, -0.2) is 74.3 Å². The molecular formula is C26H33Cl2N3O5S. The summed E-state index contributed by atoms with van der Waals surface area (Å²) in [5.74, 6) is -0.511. The van der Waals surface area contributed by atoms with Crippen molar-refractivity contribution >= 4 is 50.7 Å². The Morgan fingerprint density at radius 2 is 1.84 bits per heavy atom. The van der Waals surface area contributed by atoms with E-state index in [9.17, 15) is 23.1 Å². The summed E-state index contributed by atoms with van der Waals surface area (Å²) in [6.07, 6.45) is 1.39. The first-order valence-corrected chi connectivity index (χ1v) is 14.6. The van der Waals surface area contributed by atoms with Gasteiger partial charge in [-0.25, -0.2) is 13.2 Å². The van der Waals surface area contributed by atoms with Crippen molar-refractivity contribution in [3.05, 3.63) is 57.1 Å². The van der Waals surface area contributed by atoms with Crippen LogP contribution in [0.25, 0.3) is 0 Å². The monoisotopic (exact) mass is 569 g/mol. The van der Waals surface area contributed by atoms with Gasteiger partial charge in [0.1, 0.15) is 0 Å². The molecule has 0 unspecified atom stereocenters. The van der Waals surface area contributed by atoms with Crippen molar-refractivity contribution in [1.82, 2.24) is 9.80 Å². The van der Waals surface area contributed by atoms with Gasteiger partial charge in [-0.3, -0.25) is 9.69 Å². The molecule has 0 spiro atoms. The van der Waals surface area contributed by atoms with Gasteiger partial charge in [-0.05, 0) is 67.3 Å². The third-order valence-corrected chi connectivity index (χ3v) is 9.28. The Balaban J connectivity index is 1.90. The maximum absolute atomic E-state index is 13.5. The normalized spacial score (nSPS) is 16.4. The highest BCUT2D eigenvalue weighted by Gasteiger charge is 2.28. The zero-order chi connectivity index (χ0) is 27.5. The van der Waals surface area contributed by atoms with E-state index in [1.165, 1.54) is 35.0 Å². The third kappa shape index (κ3) is 6.57. The molecule has 37 heavy (non-hydrogen) atoms. The number of anilines is 1. The van der Waals surface area contributed by atoms with Crippen molar-refractivity contribution in [3.63, 3.8) is 0 Å². The highest BCUT2D eigenvalue weighted by atomic mass is 35.5. The molecule has 2 aromatic rings. The lowest BCUT2D eigenvalue weighted by molar-refractivity contribution is 0.0951. The lowest BCUT2D eigenvalue weighted by atomic mass is 9.98. The Labute approximate surface area is 228 Å². The number of hydrogen-bond donors (Lipinski definition) is 1. The number of sulfone groups is 1. The molecule has 8 nitrogen and oxygen atoms in total. The van der Waals surface area contributed by atoms with Crippen molar-refractivity contribution in [2.45, 2.75) is 50.6 Å². The number of aryl methyl sites for hydroxylation is 1. The molecule has 1 heterocycles. The molecule has 0 aliphatic carbocycles. The Bertz CT molecular complexity index is 1290. The van der Waals surface area contributed by atoms with Crippen molar-refractivity contribution in [1.29, 1.82) is 0 Å². The zero-order valence-corrected chi connectivity index (χ0v) is 23.8. The first kappa shape index (κ1) is 29.2. The van der Waals surface area contributed by atoms with E-state index >= 15 is 0 Å². The number of benzene rings is 2. The van der Waals surface area contributed by atoms with Gasteiger partial charge in [0, 0.05) is 48.8 Å². The van der Waals surface area contributed by atoms with Crippen LogP contribution in [0.5, 0.6) is 0 Å². The van der Waals surface area contributed by atoms with Crippen LogP contribution in [0.15, 0.2) is 35.2 Å². The van der Waals surface area contributed by atoms with Crippen LogP contribution >= 0.6 is 23.2 Å². The third-order valence-electron chi connectivity index (χ3n) is 6.93. The molecule has 202 valence electrons. The van der Waals surface area contributed by atoms with Gasteiger partial charge in [-0.2, -0.15) is 0 Å². The second kappa shape index (κ2) is 12.0. The molecule has 1 aliphatic heterocycles. The number of hydrogen-bond acceptors (Lipinski definition) is 5. The van der Waals surface area contributed by atoms with E-state index in [0.29, 0.717) is 35.1 Å². The van der Waals surface area contributed by atoms with Crippen LogP contribution in [-0.2, 0) is 22.8 Å². The molecule has 0 bridgehead atoms. The lowest BCUT2D eigenvalue weighted by Crippen LogP contribution is -2.47. The summed E-state index contributed by atoms with van der Waals surface area (Å²) in [6.45, 7) is 5.51. The van der Waals surface area contributed by atoms with Crippen LogP contribution < -0.4 is 4.90 Å². The van der Waals surface area contributed by atoms with Crippen LogP contribution in [0.2, 0.25) is 10.0 Å². The van der Waals surface area contributed by atoms with Gasteiger partial charge in [0.05, 0.1) is 16.3 Å². The number of piperidine rings is 1. The average molecular weight is 571 g/mol. The predicted molar refractivity (Wildman–Crippen MR) is 147 cm³/mol. The second-order valence-electron chi connectivity index (χ2n) is 9.25. The first-order chi connectivity index (χ1) is 17.4.